The molecule has 0 heterocycles. The van der Waals surface area contributed by atoms with Crippen molar-refractivity contribution in [1.82, 2.24) is 0 Å². The minimum absolute atomic E-state index is 0.0214. The minimum atomic E-state index is -0.444. The molecule has 6 nitrogen and oxygen atoms in total. The fourth-order valence-corrected chi connectivity index (χ4v) is 2.80. The predicted molar refractivity (Wildman–Crippen MR) is 97.8 cm³/mol. The molecule has 0 radical (unpaired) electrons. The van der Waals surface area contributed by atoms with Crippen molar-refractivity contribution in [2.75, 3.05) is 18.9 Å². The number of hydrogen-bond acceptors (Lipinski definition) is 3. The molecule has 0 aliphatic heterocycles. The van der Waals surface area contributed by atoms with Crippen molar-refractivity contribution in [3.63, 3.8) is 0 Å². The van der Waals surface area contributed by atoms with Crippen molar-refractivity contribution >= 4 is 17.3 Å². The molecular weight excluding hydrogens is 318 g/mol. The average Bonchev–Trinajstić information content (AvgIpc) is 2.51. The molecule has 0 saturated heterocycles. The summed E-state index contributed by atoms with van der Waals surface area (Å²) in [5, 5.41) is 13.6. The molecule has 0 aliphatic rings. The summed E-state index contributed by atoms with van der Waals surface area (Å²) < 4.78 is 0. The van der Waals surface area contributed by atoms with Crippen molar-refractivity contribution in [2.45, 2.75) is 27.3 Å². The Bertz CT molecular complexity index is 802. The topological polar surface area (TPSA) is 76.7 Å². The highest BCUT2D eigenvalue weighted by Gasteiger charge is 2.14. The van der Waals surface area contributed by atoms with Crippen LogP contribution in [0.2, 0.25) is 0 Å². The predicted octanol–water partition coefficient (Wildman–Crippen LogP) is 2.17. The number of carbonyl (C=O) groups excluding carboxylic acids is 1. The Balaban J connectivity index is 1.96. The molecule has 132 valence electrons. The van der Waals surface area contributed by atoms with E-state index in [2.05, 4.69) is 37.4 Å². The fourth-order valence-electron chi connectivity index (χ4n) is 2.80. The van der Waals surface area contributed by atoms with E-state index in [9.17, 15) is 14.9 Å². The number of nitrogens with zero attached hydrogens (tertiary/aromatic N) is 1. The van der Waals surface area contributed by atoms with Gasteiger partial charge in [-0.1, -0.05) is 23.8 Å². The number of non-ortho nitro benzene ring substituents is 1. The number of nitrogens with one attached hydrogen (secondary N) is 2. The lowest BCUT2D eigenvalue weighted by atomic mass is 10.1. The molecule has 2 aromatic rings. The first-order chi connectivity index (χ1) is 11.8. The van der Waals surface area contributed by atoms with Crippen LogP contribution in [0.3, 0.4) is 0 Å². The van der Waals surface area contributed by atoms with Crippen LogP contribution in [0.5, 0.6) is 0 Å². The van der Waals surface area contributed by atoms with Gasteiger partial charge in [0.25, 0.3) is 11.6 Å². The second-order valence-electron chi connectivity index (χ2n) is 6.55. The van der Waals surface area contributed by atoms with E-state index in [0.29, 0.717) is 17.8 Å². The zero-order valence-corrected chi connectivity index (χ0v) is 15.1. The molecule has 0 aromatic heterocycles. The maximum absolute atomic E-state index is 12.3. The van der Waals surface area contributed by atoms with E-state index in [1.807, 2.05) is 7.05 Å². The zero-order chi connectivity index (χ0) is 18.6. The second kappa shape index (κ2) is 7.90. The van der Waals surface area contributed by atoms with Gasteiger partial charge in [0.1, 0.15) is 6.54 Å². The number of amides is 1. The smallest absolute Gasteiger partial charge is 0.279 e. The SMILES string of the molecule is Cc1ccc(C[NH+](C)CC(=O)Nc2ccc([N+](=O)[O-])cc2C)c(C)c1. The van der Waals surface area contributed by atoms with Crippen LogP contribution in [0.1, 0.15) is 22.3 Å². The lowest BCUT2D eigenvalue weighted by molar-refractivity contribution is -0.885. The van der Waals surface area contributed by atoms with Crippen molar-refractivity contribution < 1.29 is 14.6 Å². The highest BCUT2D eigenvalue weighted by atomic mass is 16.6. The first-order valence-corrected chi connectivity index (χ1v) is 8.18. The molecule has 0 saturated carbocycles. The Hall–Kier alpha value is -2.73. The van der Waals surface area contributed by atoms with Crippen LogP contribution in [0.25, 0.3) is 0 Å². The van der Waals surface area contributed by atoms with Crippen molar-refractivity contribution in [3.05, 3.63) is 68.8 Å². The quantitative estimate of drug-likeness (QED) is 0.624. The van der Waals surface area contributed by atoms with Crippen LogP contribution in [0.15, 0.2) is 36.4 Å². The number of benzene rings is 2. The summed E-state index contributed by atoms with van der Waals surface area (Å²) in [5.74, 6) is -0.112. The number of aryl methyl sites for hydroxylation is 3. The summed E-state index contributed by atoms with van der Waals surface area (Å²) in [4.78, 5) is 23.7. The Kier molecular flexibility index (Phi) is 5.88. The van der Waals surface area contributed by atoms with Crippen molar-refractivity contribution in [3.8, 4) is 0 Å². The van der Waals surface area contributed by atoms with Crippen LogP contribution in [0, 0.1) is 30.9 Å². The summed E-state index contributed by atoms with van der Waals surface area (Å²) in [6.07, 6.45) is 0. The highest BCUT2D eigenvalue weighted by molar-refractivity contribution is 5.92. The van der Waals surface area contributed by atoms with Crippen molar-refractivity contribution in [1.29, 1.82) is 0 Å². The number of nitro groups is 1. The molecule has 1 unspecified atom stereocenters. The lowest BCUT2D eigenvalue weighted by Gasteiger charge is -2.16. The fraction of sp³-hybridized carbons (Fsp3) is 0.316. The molecule has 0 fully saturated rings. The number of quaternary nitrogens is 1. The van der Waals surface area contributed by atoms with Gasteiger partial charge in [0.05, 0.1) is 12.0 Å². The van der Waals surface area contributed by atoms with Crippen LogP contribution in [-0.2, 0) is 11.3 Å². The third-order valence-corrected chi connectivity index (χ3v) is 4.15. The first kappa shape index (κ1) is 18.6. The monoisotopic (exact) mass is 342 g/mol. The Morgan fingerprint density at radius 3 is 2.44 bits per heavy atom. The molecular formula is C19H24N3O3+. The second-order valence-corrected chi connectivity index (χ2v) is 6.55. The summed E-state index contributed by atoms with van der Waals surface area (Å²) in [5.41, 5.74) is 4.98. The maximum Gasteiger partial charge on any atom is 0.279 e. The Morgan fingerprint density at radius 2 is 1.84 bits per heavy atom. The number of carbonyl (C=O) groups is 1. The molecule has 1 amide bonds. The van der Waals surface area contributed by atoms with Gasteiger partial charge >= 0.3 is 0 Å². The van der Waals surface area contributed by atoms with Gasteiger partial charge in [0.15, 0.2) is 6.54 Å². The summed E-state index contributed by atoms with van der Waals surface area (Å²) in [6, 6.07) is 10.8. The Labute approximate surface area is 147 Å². The Morgan fingerprint density at radius 1 is 1.12 bits per heavy atom. The molecule has 0 aliphatic carbocycles. The van der Waals surface area contributed by atoms with Gasteiger partial charge in [-0.05, 0) is 38.0 Å². The van der Waals surface area contributed by atoms with Gasteiger partial charge in [0.2, 0.25) is 0 Å². The van der Waals surface area contributed by atoms with Gasteiger partial charge in [-0.2, -0.15) is 0 Å². The molecule has 2 N–H and O–H groups in total. The van der Waals surface area contributed by atoms with Gasteiger partial charge in [-0.25, -0.2) is 0 Å². The normalized spacial score (nSPS) is 11.8. The molecule has 2 aromatic carbocycles. The number of hydrogen-bond donors (Lipinski definition) is 2. The van der Waals surface area contributed by atoms with Gasteiger partial charge in [-0.15, -0.1) is 0 Å². The molecule has 25 heavy (non-hydrogen) atoms. The minimum Gasteiger partial charge on any atom is -0.326 e. The maximum atomic E-state index is 12.3. The molecule has 6 heteroatoms. The van der Waals surface area contributed by atoms with E-state index < -0.39 is 4.92 Å². The van der Waals surface area contributed by atoms with Gasteiger partial charge < -0.3 is 10.2 Å². The highest BCUT2D eigenvalue weighted by Crippen LogP contribution is 2.20. The summed E-state index contributed by atoms with van der Waals surface area (Å²) in [7, 11) is 1.97. The van der Waals surface area contributed by atoms with Gasteiger partial charge in [-0.3, -0.25) is 14.9 Å². The van der Waals surface area contributed by atoms with E-state index in [-0.39, 0.29) is 11.6 Å². The van der Waals surface area contributed by atoms with Crippen LogP contribution >= 0.6 is 0 Å². The summed E-state index contributed by atoms with van der Waals surface area (Å²) >= 11 is 0. The zero-order valence-electron chi connectivity index (χ0n) is 15.1. The molecule has 0 bridgehead atoms. The standard InChI is InChI=1S/C19H23N3O3/c1-13-5-6-16(14(2)9-13)11-21(4)12-19(23)20-18-8-7-17(22(24)25)10-15(18)3/h5-10H,11-12H2,1-4H3,(H,20,23)/p+1. The van der Waals surface area contributed by atoms with Crippen LogP contribution < -0.4 is 10.2 Å². The summed E-state index contributed by atoms with van der Waals surface area (Å²) in [6.45, 7) is 6.97. The number of nitro benzene ring substituents is 1. The number of anilines is 1. The number of likely N-dealkylation sites (N-methyl/N-ethyl adjacent to an activating group) is 1. The first-order valence-electron chi connectivity index (χ1n) is 8.18. The van der Waals surface area contributed by atoms with Crippen LogP contribution in [-0.4, -0.2) is 24.4 Å². The third-order valence-electron chi connectivity index (χ3n) is 4.15. The van der Waals surface area contributed by atoms with E-state index in [1.54, 1.807) is 13.0 Å². The average molecular weight is 342 g/mol. The third kappa shape index (κ3) is 5.12. The lowest BCUT2D eigenvalue weighted by Crippen LogP contribution is -3.08. The number of rotatable bonds is 6. The van der Waals surface area contributed by atoms with Crippen molar-refractivity contribution in [2.24, 2.45) is 0 Å². The van der Waals surface area contributed by atoms with E-state index in [1.165, 1.54) is 28.8 Å². The van der Waals surface area contributed by atoms with E-state index >= 15 is 0 Å². The van der Waals surface area contributed by atoms with E-state index in [4.69, 9.17) is 0 Å². The van der Waals surface area contributed by atoms with Gasteiger partial charge in [0, 0.05) is 23.4 Å². The van der Waals surface area contributed by atoms with E-state index in [0.717, 1.165) is 11.4 Å². The largest absolute Gasteiger partial charge is 0.326 e. The molecule has 2 rings (SSSR count). The molecule has 0 spiro atoms. The molecule has 1 atom stereocenters. The van der Waals surface area contributed by atoms with Crippen LogP contribution in [0.4, 0.5) is 11.4 Å².